The minimum Gasteiger partial charge on any atom is -0.424 e. The van der Waals surface area contributed by atoms with Crippen LogP contribution in [-0.4, -0.2) is 38.9 Å². The van der Waals surface area contributed by atoms with E-state index in [0.29, 0.717) is 23.4 Å². The lowest BCUT2D eigenvalue weighted by atomic mass is 10.0. The zero-order chi connectivity index (χ0) is 18.8. The van der Waals surface area contributed by atoms with Gasteiger partial charge in [-0.2, -0.15) is 0 Å². The van der Waals surface area contributed by atoms with Gasteiger partial charge in [-0.1, -0.05) is 26.0 Å². The predicted molar refractivity (Wildman–Crippen MR) is 91.1 cm³/mol. The molecule has 1 aromatic carbocycles. The number of carbonyl (C=O) groups is 3. The minimum absolute atomic E-state index is 0.0391. The molecule has 0 aliphatic carbocycles. The maximum atomic E-state index is 12.7. The van der Waals surface area contributed by atoms with Crippen molar-refractivity contribution in [2.75, 3.05) is 0 Å². The topological polar surface area (TPSA) is 105 Å². The van der Waals surface area contributed by atoms with Crippen molar-refractivity contribution in [3.05, 3.63) is 47.2 Å². The Morgan fingerprint density at radius 2 is 1.77 bits per heavy atom. The van der Waals surface area contributed by atoms with Crippen LogP contribution in [0.5, 0.6) is 0 Å². The molecule has 0 saturated carbocycles. The Morgan fingerprint density at radius 3 is 2.27 bits per heavy atom. The van der Waals surface area contributed by atoms with E-state index in [2.05, 4.69) is 15.5 Å². The highest BCUT2D eigenvalue weighted by Gasteiger charge is 2.42. The van der Waals surface area contributed by atoms with Gasteiger partial charge >= 0.3 is 0 Å². The summed E-state index contributed by atoms with van der Waals surface area (Å²) >= 11 is 0. The minimum atomic E-state index is -0.897. The van der Waals surface area contributed by atoms with E-state index in [1.807, 2.05) is 13.8 Å². The molecule has 26 heavy (non-hydrogen) atoms. The molecule has 0 spiro atoms. The van der Waals surface area contributed by atoms with Crippen molar-refractivity contribution in [1.82, 2.24) is 20.4 Å². The number of hydrogen-bond acceptors (Lipinski definition) is 6. The zero-order valence-corrected chi connectivity index (χ0v) is 14.9. The van der Waals surface area contributed by atoms with Crippen LogP contribution < -0.4 is 5.32 Å². The Balaban J connectivity index is 1.81. The smallest absolute Gasteiger partial charge is 0.262 e. The lowest BCUT2D eigenvalue weighted by molar-refractivity contribution is -0.125. The highest BCUT2D eigenvalue weighted by Crippen LogP contribution is 2.27. The van der Waals surface area contributed by atoms with Gasteiger partial charge in [-0.05, 0) is 24.5 Å². The summed E-state index contributed by atoms with van der Waals surface area (Å²) in [6.07, 6.45) is 0.361. The molecule has 2 aromatic rings. The highest BCUT2D eigenvalue weighted by molar-refractivity contribution is 6.22. The van der Waals surface area contributed by atoms with Crippen molar-refractivity contribution < 1.29 is 18.8 Å². The summed E-state index contributed by atoms with van der Waals surface area (Å²) in [5.74, 6) is -0.542. The molecule has 0 saturated heterocycles. The quantitative estimate of drug-likeness (QED) is 0.790. The summed E-state index contributed by atoms with van der Waals surface area (Å²) in [5.41, 5.74) is 0.651. The molecular weight excluding hydrogens is 336 g/mol. The number of amides is 3. The number of fused-ring (bicyclic) bond motifs is 1. The van der Waals surface area contributed by atoms with E-state index in [1.54, 1.807) is 31.2 Å². The van der Waals surface area contributed by atoms with Gasteiger partial charge in [-0.15, -0.1) is 10.2 Å². The molecule has 2 heterocycles. The number of nitrogens with zero attached hydrogens (tertiary/aromatic N) is 3. The fraction of sp³-hybridized carbons (Fsp3) is 0.389. The molecule has 0 radical (unpaired) electrons. The van der Waals surface area contributed by atoms with Crippen LogP contribution in [0.3, 0.4) is 0 Å². The maximum Gasteiger partial charge on any atom is 0.262 e. The fourth-order valence-corrected chi connectivity index (χ4v) is 2.96. The van der Waals surface area contributed by atoms with Crippen LogP contribution >= 0.6 is 0 Å². The molecule has 1 N–H and O–H groups in total. The molecule has 0 fully saturated rings. The second-order valence-electron chi connectivity index (χ2n) is 6.60. The number of imide groups is 1. The van der Waals surface area contributed by atoms with Crippen molar-refractivity contribution >= 4 is 17.7 Å². The third-order valence-corrected chi connectivity index (χ3v) is 4.12. The van der Waals surface area contributed by atoms with Gasteiger partial charge in [0.15, 0.2) is 0 Å². The Bertz CT molecular complexity index is 823. The van der Waals surface area contributed by atoms with Crippen LogP contribution in [0, 0.1) is 12.8 Å². The van der Waals surface area contributed by atoms with Crippen molar-refractivity contribution in [2.45, 2.75) is 39.8 Å². The summed E-state index contributed by atoms with van der Waals surface area (Å²) in [7, 11) is 0. The Kier molecular flexibility index (Phi) is 4.83. The van der Waals surface area contributed by atoms with Gasteiger partial charge in [0, 0.05) is 6.92 Å². The molecular formula is C18H20N4O4. The number of carbonyl (C=O) groups excluding carboxylic acids is 3. The first-order valence-electron chi connectivity index (χ1n) is 8.42. The molecule has 1 atom stereocenters. The molecule has 3 rings (SSSR count). The molecule has 0 bridgehead atoms. The summed E-state index contributed by atoms with van der Waals surface area (Å²) in [6, 6.07) is 5.69. The Hall–Kier alpha value is -3.03. The largest absolute Gasteiger partial charge is 0.424 e. The first kappa shape index (κ1) is 17.8. The molecule has 8 nitrogen and oxygen atoms in total. The number of aromatic nitrogens is 2. The molecule has 8 heteroatoms. The van der Waals surface area contributed by atoms with Gasteiger partial charge in [-0.25, -0.2) is 0 Å². The van der Waals surface area contributed by atoms with Gasteiger partial charge in [0.05, 0.1) is 17.7 Å². The van der Waals surface area contributed by atoms with Crippen LogP contribution in [0.2, 0.25) is 0 Å². The van der Waals surface area contributed by atoms with Crippen LogP contribution in [0.25, 0.3) is 0 Å². The molecule has 3 amide bonds. The summed E-state index contributed by atoms with van der Waals surface area (Å²) in [4.78, 5) is 39.2. The molecule has 1 aromatic heterocycles. The van der Waals surface area contributed by atoms with Crippen molar-refractivity contribution in [3.8, 4) is 0 Å². The van der Waals surface area contributed by atoms with Gasteiger partial charge in [0.1, 0.15) is 6.04 Å². The number of rotatable bonds is 6. The average molecular weight is 356 g/mol. The normalized spacial score (nSPS) is 14.7. The third kappa shape index (κ3) is 3.35. The second-order valence-corrected chi connectivity index (χ2v) is 6.60. The van der Waals surface area contributed by atoms with Crippen LogP contribution in [0.15, 0.2) is 28.7 Å². The van der Waals surface area contributed by atoms with Gasteiger partial charge in [0.2, 0.25) is 17.7 Å². The summed E-state index contributed by atoms with van der Waals surface area (Å²) < 4.78 is 5.23. The number of hydrogen-bond donors (Lipinski definition) is 1. The lowest BCUT2D eigenvalue weighted by Crippen LogP contribution is -2.50. The second kappa shape index (κ2) is 7.07. The Labute approximate surface area is 150 Å². The van der Waals surface area contributed by atoms with E-state index in [9.17, 15) is 14.4 Å². The maximum absolute atomic E-state index is 12.7. The monoisotopic (exact) mass is 356 g/mol. The van der Waals surface area contributed by atoms with Gasteiger partial charge in [-0.3, -0.25) is 19.3 Å². The van der Waals surface area contributed by atoms with Crippen LogP contribution in [-0.2, 0) is 11.3 Å². The van der Waals surface area contributed by atoms with Crippen molar-refractivity contribution in [3.63, 3.8) is 0 Å². The summed E-state index contributed by atoms with van der Waals surface area (Å²) in [5, 5.41) is 10.2. The van der Waals surface area contributed by atoms with E-state index in [0.717, 1.165) is 4.90 Å². The van der Waals surface area contributed by atoms with E-state index in [4.69, 9.17) is 4.42 Å². The van der Waals surface area contributed by atoms with E-state index in [-0.39, 0.29) is 18.4 Å². The predicted octanol–water partition coefficient (Wildman–Crippen LogP) is 1.71. The fourth-order valence-electron chi connectivity index (χ4n) is 2.96. The lowest BCUT2D eigenvalue weighted by Gasteiger charge is -2.26. The van der Waals surface area contributed by atoms with Crippen LogP contribution in [0.4, 0.5) is 0 Å². The first-order chi connectivity index (χ1) is 12.4. The van der Waals surface area contributed by atoms with Gasteiger partial charge in [0.25, 0.3) is 11.8 Å². The van der Waals surface area contributed by atoms with E-state index >= 15 is 0 Å². The van der Waals surface area contributed by atoms with E-state index in [1.165, 1.54) is 0 Å². The Morgan fingerprint density at radius 1 is 1.15 bits per heavy atom. The summed E-state index contributed by atoms with van der Waals surface area (Å²) in [6.45, 7) is 5.55. The third-order valence-electron chi connectivity index (χ3n) is 4.12. The molecule has 136 valence electrons. The zero-order valence-electron chi connectivity index (χ0n) is 14.9. The van der Waals surface area contributed by atoms with E-state index < -0.39 is 23.8 Å². The number of benzene rings is 1. The van der Waals surface area contributed by atoms with Gasteiger partial charge < -0.3 is 9.73 Å². The van der Waals surface area contributed by atoms with Crippen molar-refractivity contribution in [2.24, 2.45) is 5.92 Å². The van der Waals surface area contributed by atoms with Crippen LogP contribution in [0.1, 0.15) is 52.8 Å². The average Bonchev–Trinajstić information content (AvgIpc) is 3.13. The molecule has 1 aliphatic rings. The van der Waals surface area contributed by atoms with Crippen molar-refractivity contribution in [1.29, 1.82) is 0 Å². The molecule has 1 unspecified atom stereocenters. The highest BCUT2D eigenvalue weighted by atomic mass is 16.4. The standard InChI is InChI=1S/C18H20N4O4/c1-10(2)8-14(16(23)19-9-15-21-20-11(3)26-15)22-17(24)12-6-4-5-7-13(12)18(22)25/h4-7,10,14H,8-9H2,1-3H3,(H,19,23). The SMILES string of the molecule is Cc1nnc(CNC(=O)C(CC(C)C)N2C(=O)c3ccccc3C2=O)o1. The number of aryl methyl sites for hydroxylation is 1. The molecule has 1 aliphatic heterocycles. The number of nitrogens with one attached hydrogen (secondary N) is 1. The first-order valence-corrected chi connectivity index (χ1v) is 8.42.